The lowest BCUT2D eigenvalue weighted by Crippen LogP contribution is -2.22. The first-order chi connectivity index (χ1) is 9.69. The molecule has 112 valence electrons. The lowest BCUT2D eigenvalue weighted by molar-refractivity contribution is 0.0681. The first-order valence-electron chi connectivity index (χ1n) is 6.71. The van der Waals surface area contributed by atoms with Crippen molar-refractivity contribution >= 4 is 17.3 Å². The second-order valence-corrected chi connectivity index (χ2v) is 5.08. The minimum atomic E-state index is -0.689. The van der Waals surface area contributed by atoms with Crippen LogP contribution in [0.1, 0.15) is 12.8 Å². The van der Waals surface area contributed by atoms with Gasteiger partial charge in [0.15, 0.2) is 0 Å². The third kappa shape index (κ3) is 4.51. The highest BCUT2D eigenvalue weighted by Gasteiger charge is 2.17. The molecule has 4 nitrogen and oxygen atoms in total. The van der Waals surface area contributed by atoms with E-state index in [1.807, 2.05) is 0 Å². The Morgan fingerprint density at radius 3 is 3.10 bits per heavy atom. The molecule has 0 saturated carbocycles. The van der Waals surface area contributed by atoms with Crippen LogP contribution in [0.2, 0.25) is 0 Å². The number of ether oxygens (including phenoxy) is 2. The largest absolute Gasteiger partial charge is 0.489 e. The SMILES string of the molecule is OC(CCl)CNc1cc(F)ccc1OCC1CCCO1. The lowest BCUT2D eigenvalue weighted by atomic mass is 10.2. The summed E-state index contributed by atoms with van der Waals surface area (Å²) in [6, 6.07) is 4.25. The fraction of sp³-hybridized carbons (Fsp3) is 0.571. The van der Waals surface area contributed by atoms with Crippen molar-refractivity contribution in [1.82, 2.24) is 0 Å². The predicted octanol–water partition coefficient (Wildman–Crippen LogP) is 2.40. The van der Waals surface area contributed by atoms with E-state index in [-0.39, 0.29) is 24.3 Å². The average Bonchev–Trinajstić information content (AvgIpc) is 2.97. The molecular formula is C14H19ClFNO3. The number of alkyl halides is 1. The normalized spacial score (nSPS) is 19.9. The van der Waals surface area contributed by atoms with Gasteiger partial charge < -0.3 is 19.9 Å². The molecule has 0 spiro atoms. The summed E-state index contributed by atoms with van der Waals surface area (Å²) in [6.45, 7) is 1.45. The first-order valence-corrected chi connectivity index (χ1v) is 7.24. The average molecular weight is 304 g/mol. The Kier molecular flexibility index (Phi) is 5.88. The maximum Gasteiger partial charge on any atom is 0.142 e. The van der Waals surface area contributed by atoms with Crippen molar-refractivity contribution in [1.29, 1.82) is 0 Å². The zero-order valence-electron chi connectivity index (χ0n) is 11.1. The van der Waals surface area contributed by atoms with Crippen molar-refractivity contribution in [2.75, 3.05) is 31.0 Å². The zero-order chi connectivity index (χ0) is 14.4. The quantitative estimate of drug-likeness (QED) is 0.760. The van der Waals surface area contributed by atoms with Gasteiger partial charge >= 0.3 is 0 Å². The molecule has 20 heavy (non-hydrogen) atoms. The van der Waals surface area contributed by atoms with Gasteiger partial charge in [0.1, 0.15) is 18.2 Å². The summed E-state index contributed by atoms with van der Waals surface area (Å²) in [5, 5.41) is 12.4. The van der Waals surface area contributed by atoms with Crippen LogP contribution in [0, 0.1) is 5.82 Å². The molecule has 1 fully saturated rings. The molecule has 0 amide bonds. The van der Waals surface area contributed by atoms with Gasteiger partial charge in [0, 0.05) is 19.2 Å². The topological polar surface area (TPSA) is 50.7 Å². The Bertz CT molecular complexity index is 427. The smallest absolute Gasteiger partial charge is 0.142 e. The molecule has 2 unspecified atom stereocenters. The molecule has 1 heterocycles. The highest BCUT2D eigenvalue weighted by molar-refractivity contribution is 6.18. The van der Waals surface area contributed by atoms with Crippen LogP contribution in [0.25, 0.3) is 0 Å². The molecule has 0 aromatic heterocycles. The third-order valence-electron chi connectivity index (χ3n) is 3.10. The van der Waals surface area contributed by atoms with Crippen molar-refractivity contribution in [3.05, 3.63) is 24.0 Å². The van der Waals surface area contributed by atoms with E-state index in [0.29, 0.717) is 18.0 Å². The number of benzene rings is 1. The van der Waals surface area contributed by atoms with Gasteiger partial charge in [-0.05, 0) is 25.0 Å². The molecule has 2 N–H and O–H groups in total. The van der Waals surface area contributed by atoms with Gasteiger partial charge in [0.05, 0.1) is 23.8 Å². The summed E-state index contributed by atoms with van der Waals surface area (Å²) in [4.78, 5) is 0. The summed E-state index contributed by atoms with van der Waals surface area (Å²) in [5.41, 5.74) is 0.507. The van der Waals surface area contributed by atoms with Crippen molar-refractivity contribution in [3.8, 4) is 5.75 Å². The molecule has 0 radical (unpaired) electrons. The van der Waals surface area contributed by atoms with Crippen molar-refractivity contribution < 1.29 is 19.0 Å². The number of hydrogen-bond acceptors (Lipinski definition) is 4. The summed E-state index contributed by atoms with van der Waals surface area (Å²) in [6.07, 6.45) is 1.44. The van der Waals surface area contributed by atoms with E-state index in [1.165, 1.54) is 12.1 Å². The summed E-state index contributed by atoms with van der Waals surface area (Å²) in [7, 11) is 0. The van der Waals surface area contributed by atoms with E-state index in [0.717, 1.165) is 19.4 Å². The lowest BCUT2D eigenvalue weighted by Gasteiger charge is -2.17. The Balaban J connectivity index is 1.95. The van der Waals surface area contributed by atoms with E-state index < -0.39 is 6.10 Å². The molecule has 2 rings (SSSR count). The second-order valence-electron chi connectivity index (χ2n) is 4.78. The highest BCUT2D eigenvalue weighted by Crippen LogP contribution is 2.26. The molecule has 1 saturated heterocycles. The molecule has 1 aromatic carbocycles. The molecule has 1 aliphatic heterocycles. The molecule has 0 aliphatic carbocycles. The fourth-order valence-electron chi connectivity index (χ4n) is 2.01. The predicted molar refractivity (Wildman–Crippen MR) is 76.1 cm³/mol. The van der Waals surface area contributed by atoms with Gasteiger partial charge in [-0.25, -0.2) is 4.39 Å². The van der Waals surface area contributed by atoms with E-state index in [4.69, 9.17) is 21.1 Å². The number of hydrogen-bond donors (Lipinski definition) is 2. The molecule has 6 heteroatoms. The van der Waals surface area contributed by atoms with Crippen molar-refractivity contribution in [3.63, 3.8) is 0 Å². The standard InChI is InChI=1S/C14H19ClFNO3/c15-7-11(18)8-17-13-6-10(16)3-4-14(13)20-9-12-2-1-5-19-12/h3-4,6,11-12,17-18H,1-2,5,7-9H2. The Morgan fingerprint density at radius 1 is 1.55 bits per heavy atom. The summed E-state index contributed by atoms with van der Waals surface area (Å²) < 4.78 is 24.4. The van der Waals surface area contributed by atoms with Gasteiger partial charge in [-0.15, -0.1) is 11.6 Å². The van der Waals surface area contributed by atoms with Crippen LogP contribution >= 0.6 is 11.6 Å². The van der Waals surface area contributed by atoms with Crippen LogP contribution in [0.3, 0.4) is 0 Å². The van der Waals surface area contributed by atoms with Gasteiger partial charge in [0.2, 0.25) is 0 Å². The Hall–Kier alpha value is -1.04. The first kappa shape index (κ1) is 15.4. The second kappa shape index (κ2) is 7.67. The van der Waals surface area contributed by atoms with Crippen LogP contribution in [-0.4, -0.2) is 43.0 Å². The maximum absolute atomic E-state index is 13.3. The number of halogens is 2. The highest BCUT2D eigenvalue weighted by atomic mass is 35.5. The number of aliphatic hydroxyl groups excluding tert-OH is 1. The number of rotatable bonds is 7. The van der Waals surface area contributed by atoms with Crippen molar-refractivity contribution in [2.24, 2.45) is 0 Å². The van der Waals surface area contributed by atoms with Gasteiger partial charge in [-0.3, -0.25) is 0 Å². The van der Waals surface area contributed by atoms with E-state index in [1.54, 1.807) is 6.07 Å². The van der Waals surface area contributed by atoms with E-state index in [2.05, 4.69) is 5.32 Å². The zero-order valence-corrected chi connectivity index (χ0v) is 11.9. The Labute approximate surface area is 122 Å². The molecule has 0 bridgehead atoms. The maximum atomic E-state index is 13.3. The minimum absolute atomic E-state index is 0.0985. The molecule has 1 aromatic rings. The van der Waals surface area contributed by atoms with Crippen LogP contribution in [-0.2, 0) is 4.74 Å². The molecular weight excluding hydrogens is 285 g/mol. The van der Waals surface area contributed by atoms with E-state index >= 15 is 0 Å². The number of nitrogens with one attached hydrogen (secondary N) is 1. The molecule has 2 atom stereocenters. The summed E-state index contributed by atoms with van der Waals surface area (Å²) in [5.74, 6) is 0.301. The van der Waals surface area contributed by atoms with Gasteiger partial charge in [-0.1, -0.05) is 0 Å². The van der Waals surface area contributed by atoms with Gasteiger partial charge in [-0.2, -0.15) is 0 Å². The number of anilines is 1. The van der Waals surface area contributed by atoms with Gasteiger partial charge in [0.25, 0.3) is 0 Å². The van der Waals surface area contributed by atoms with Crippen LogP contribution < -0.4 is 10.1 Å². The number of aliphatic hydroxyl groups is 1. The summed E-state index contributed by atoms with van der Waals surface area (Å²) >= 11 is 5.52. The van der Waals surface area contributed by atoms with Crippen LogP contribution in [0.4, 0.5) is 10.1 Å². The minimum Gasteiger partial charge on any atom is -0.489 e. The monoisotopic (exact) mass is 303 g/mol. The van der Waals surface area contributed by atoms with Crippen LogP contribution in [0.5, 0.6) is 5.75 Å². The third-order valence-corrected chi connectivity index (χ3v) is 3.45. The molecule has 1 aliphatic rings. The fourth-order valence-corrected chi connectivity index (χ4v) is 2.12. The van der Waals surface area contributed by atoms with Crippen LogP contribution in [0.15, 0.2) is 18.2 Å². The Morgan fingerprint density at radius 2 is 2.40 bits per heavy atom. The van der Waals surface area contributed by atoms with E-state index in [9.17, 15) is 9.50 Å². The van der Waals surface area contributed by atoms with Crippen molar-refractivity contribution in [2.45, 2.75) is 25.0 Å².